The van der Waals surface area contributed by atoms with Gasteiger partial charge < -0.3 is 4.57 Å². The first-order valence-electron chi connectivity index (χ1n) is 12.0. The van der Waals surface area contributed by atoms with Crippen molar-refractivity contribution in [2.45, 2.75) is 57.4 Å². The van der Waals surface area contributed by atoms with Crippen LogP contribution in [0.3, 0.4) is 0 Å². The molecule has 4 aromatic rings. The van der Waals surface area contributed by atoms with E-state index in [4.69, 9.17) is 16.6 Å². The van der Waals surface area contributed by atoms with Crippen LogP contribution in [0.1, 0.15) is 50.2 Å². The third kappa shape index (κ3) is 4.49. The molecule has 34 heavy (non-hydrogen) atoms. The molecule has 7 heteroatoms. The number of anilines is 1. The summed E-state index contributed by atoms with van der Waals surface area (Å²) >= 11 is 7.80. The number of thiazole rings is 1. The summed E-state index contributed by atoms with van der Waals surface area (Å²) in [6.07, 6.45) is 11.2. The number of rotatable bonds is 8. The lowest BCUT2D eigenvalue weighted by Crippen LogP contribution is -2.46. The molecule has 1 saturated carbocycles. The summed E-state index contributed by atoms with van der Waals surface area (Å²) in [7, 11) is 0. The molecule has 0 N–H and O–H groups in total. The minimum absolute atomic E-state index is 0.160. The largest absolute Gasteiger partial charge is 0.337 e. The van der Waals surface area contributed by atoms with Crippen molar-refractivity contribution in [2.24, 2.45) is 0 Å². The summed E-state index contributed by atoms with van der Waals surface area (Å²) in [4.78, 5) is 25.4. The van der Waals surface area contributed by atoms with Crippen LogP contribution in [0.15, 0.2) is 61.2 Å². The standard InChI is InChI=1S/C27H29ClN4OS/c1-2-20-6-11-23-24(18-20)34-26(30-23)32(16-5-15-31-17-14-29-19-31)25(33)27(12-3-4-13-27)21-7-9-22(28)10-8-21/h6-11,14,17-19H,2-5,12-13,15-16H2,1H3. The summed E-state index contributed by atoms with van der Waals surface area (Å²) in [5.74, 6) is 0.160. The van der Waals surface area contributed by atoms with Crippen LogP contribution in [-0.4, -0.2) is 27.0 Å². The molecule has 5 nitrogen and oxygen atoms in total. The molecule has 0 radical (unpaired) electrons. The molecule has 2 heterocycles. The van der Waals surface area contributed by atoms with Crippen molar-refractivity contribution < 1.29 is 4.79 Å². The van der Waals surface area contributed by atoms with Gasteiger partial charge in [0, 0.05) is 30.5 Å². The fourth-order valence-electron chi connectivity index (χ4n) is 5.04. The molecule has 0 unspecified atom stereocenters. The highest BCUT2D eigenvalue weighted by molar-refractivity contribution is 7.22. The maximum atomic E-state index is 14.4. The Bertz CT molecular complexity index is 1260. The molecular formula is C27H29ClN4OS. The highest BCUT2D eigenvalue weighted by atomic mass is 35.5. The molecule has 0 atom stereocenters. The van der Waals surface area contributed by atoms with Gasteiger partial charge >= 0.3 is 0 Å². The number of aryl methyl sites for hydroxylation is 2. The van der Waals surface area contributed by atoms with Crippen molar-refractivity contribution in [1.29, 1.82) is 0 Å². The number of carbonyl (C=O) groups excluding carboxylic acids is 1. The number of fused-ring (bicyclic) bond motifs is 1. The second kappa shape index (κ2) is 9.88. The Morgan fingerprint density at radius 1 is 1.18 bits per heavy atom. The van der Waals surface area contributed by atoms with Crippen molar-refractivity contribution in [3.05, 3.63) is 77.3 Å². The second-order valence-electron chi connectivity index (χ2n) is 9.06. The molecular weight excluding hydrogens is 464 g/mol. The molecule has 1 amide bonds. The summed E-state index contributed by atoms with van der Waals surface area (Å²) in [6, 6.07) is 14.3. The normalized spacial score (nSPS) is 15.1. The number of hydrogen-bond acceptors (Lipinski definition) is 4. The third-order valence-electron chi connectivity index (χ3n) is 6.95. The molecule has 2 aromatic heterocycles. The van der Waals surface area contributed by atoms with Crippen molar-refractivity contribution in [3.8, 4) is 0 Å². The van der Waals surface area contributed by atoms with Gasteiger partial charge in [0.05, 0.1) is 22.0 Å². The van der Waals surface area contributed by atoms with E-state index >= 15 is 0 Å². The molecule has 1 aliphatic carbocycles. The fourth-order valence-corrected chi connectivity index (χ4v) is 6.22. The molecule has 0 saturated heterocycles. The Labute approximate surface area is 209 Å². The van der Waals surface area contributed by atoms with Crippen LogP contribution >= 0.6 is 22.9 Å². The number of amides is 1. The first kappa shape index (κ1) is 23.1. The Kier molecular flexibility index (Phi) is 6.70. The fraction of sp³-hybridized carbons (Fsp3) is 0.370. The highest BCUT2D eigenvalue weighted by Gasteiger charge is 2.45. The lowest BCUT2D eigenvalue weighted by Gasteiger charge is -2.34. The highest BCUT2D eigenvalue weighted by Crippen LogP contribution is 2.44. The van der Waals surface area contributed by atoms with Crippen LogP contribution < -0.4 is 4.90 Å². The number of benzene rings is 2. The number of imidazole rings is 1. The van der Waals surface area contributed by atoms with Crippen LogP contribution in [0.5, 0.6) is 0 Å². The number of carbonyl (C=O) groups is 1. The van der Waals surface area contributed by atoms with Gasteiger partial charge in [-0.05, 0) is 61.1 Å². The zero-order chi connectivity index (χ0) is 23.5. The average molecular weight is 493 g/mol. The topological polar surface area (TPSA) is 51.0 Å². The van der Waals surface area contributed by atoms with Gasteiger partial charge in [0.2, 0.25) is 5.91 Å². The molecule has 0 bridgehead atoms. The van der Waals surface area contributed by atoms with E-state index in [1.165, 1.54) is 5.56 Å². The first-order chi connectivity index (χ1) is 16.6. The lowest BCUT2D eigenvalue weighted by molar-refractivity contribution is -0.124. The minimum Gasteiger partial charge on any atom is -0.337 e. The van der Waals surface area contributed by atoms with Crippen molar-refractivity contribution >= 4 is 44.2 Å². The Balaban J connectivity index is 1.51. The summed E-state index contributed by atoms with van der Waals surface area (Å²) < 4.78 is 3.19. The van der Waals surface area contributed by atoms with Gasteiger partial charge in [0.25, 0.3) is 0 Å². The van der Waals surface area contributed by atoms with Crippen LogP contribution in [-0.2, 0) is 23.2 Å². The predicted molar refractivity (Wildman–Crippen MR) is 140 cm³/mol. The van der Waals surface area contributed by atoms with Crippen molar-refractivity contribution in [2.75, 3.05) is 11.4 Å². The molecule has 5 rings (SSSR count). The molecule has 0 spiro atoms. The van der Waals surface area contributed by atoms with Gasteiger partial charge in [-0.15, -0.1) is 0 Å². The molecule has 2 aromatic carbocycles. The van der Waals surface area contributed by atoms with E-state index in [-0.39, 0.29) is 5.91 Å². The molecule has 1 aliphatic rings. The number of halogens is 1. The predicted octanol–water partition coefficient (Wildman–Crippen LogP) is 6.64. The van der Waals surface area contributed by atoms with Crippen molar-refractivity contribution in [1.82, 2.24) is 14.5 Å². The van der Waals surface area contributed by atoms with Crippen LogP contribution in [0.4, 0.5) is 5.13 Å². The maximum absolute atomic E-state index is 14.4. The summed E-state index contributed by atoms with van der Waals surface area (Å²) in [5.41, 5.74) is 2.78. The second-order valence-corrected chi connectivity index (χ2v) is 10.5. The van der Waals surface area contributed by atoms with Gasteiger partial charge in [-0.25, -0.2) is 9.97 Å². The Morgan fingerprint density at radius 3 is 2.68 bits per heavy atom. The number of aromatic nitrogens is 3. The quantitative estimate of drug-likeness (QED) is 0.277. The van der Waals surface area contributed by atoms with Gasteiger partial charge in [0.1, 0.15) is 0 Å². The summed E-state index contributed by atoms with van der Waals surface area (Å²) in [5, 5.41) is 1.48. The SMILES string of the molecule is CCc1ccc2nc(N(CCCn3ccnc3)C(=O)C3(c4ccc(Cl)cc4)CCCC3)sc2c1. The van der Waals surface area contributed by atoms with Gasteiger partial charge in [-0.2, -0.15) is 0 Å². The minimum atomic E-state index is -0.522. The monoisotopic (exact) mass is 492 g/mol. The zero-order valence-electron chi connectivity index (χ0n) is 19.4. The number of nitrogens with zero attached hydrogens (tertiary/aromatic N) is 4. The Morgan fingerprint density at radius 2 is 1.97 bits per heavy atom. The lowest BCUT2D eigenvalue weighted by atomic mass is 9.77. The first-order valence-corrected chi connectivity index (χ1v) is 13.2. The molecule has 0 aliphatic heterocycles. The molecule has 176 valence electrons. The van der Waals surface area contributed by atoms with Gasteiger partial charge in [0.15, 0.2) is 5.13 Å². The molecule has 1 fully saturated rings. The van der Waals surface area contributed by atoms with Crippen molar-refractivity contribution in [3.63, 3.8) is 0 Å². The smallest absolute Gasteiger partial charge is 0.239 e. The van der Waals surface area contributed by atoms with Gasteiger partial charge in [-0.1, -0.05) is 60.9 Å². The zero-order valence-corrected chi connectivity index (χ0v) is 21.0. The maximum Gasteiger partial charge on any atom is 0.239 e. The van der Waals surface area contributed by atoms with E-state index in [2.05, 4.69) is 34.7 Å². The van der Waals surface area contributed by atoms with E-state index < -0.39 is 5.41 Å². The van der Waals surface area contributed by atoms with Crippen LogP contribution in [0, 0.1) is 0 Å². The van der Waals surface area contributed by atoms with E-state index in [1.807, 2.05) is 41.7 Å². The van der Waals surface area contributed by atoms with E-state index in [1.54, 1.807) is 17.5 Å². The average Bonchev–Trinajstić information content (AvgIpc) is 3.62. The van der Waals surface area contributed by atoms with E-state index in [0.717, 1.165) is 66.0 Å². The number of hydrogen-bond donors (Lipinski definition) is 0. The van der Waals surface area contributed by atoms with Crippen LogP contribution in [0.25, 0.3) is 10.2 Å². The summed E-state index contributed by atoms with van der Waals surface area (Å²) in [6.45, 7) is 3.58. The Hall–Kier alpha value is -2.70. The third-order valence-corrected chi connectivity index (χ3v) is 8.24. The van der Waals surface area contributed by atoms with E-state index in [0.29, 0.717) is 11.6 Å². The van der Waals surface area contributed by atoms with E-state index in [9.17, 15) is 4.79 Å². The van der Waals surface area contributed by atoms with Crippen LogP contribution in [0.2, 0.25) is 5.02 Å². The van der Waals surface area contributed by atoms with Gasteiger partial charge in [-0.3, -0.25) is 9.69 Å².